The molecule has 1 aromatic heterocycles. The number of rotatable bonds is 8. The molecule has 1 heterocycles. The van der Waals surface area contributed by atoms with Crippen molar-refractivity contribution in [2.75, 3.05) is 26.1 Å². The molecule has 2 amide bonds. The van der Waals surface area contributed by atoms with Crippen molar-refractivity contribution in [2.45, 2.75) is 13.8 Å². The number of anilines is 1. The minimum atomic E-state index is -1.06. The van der Waals surface area contributed by atoms with E-state index in [0.29, 0.717) is 0 Å². The van der Waals surface area contributed by atoms with Crippen LogP contribution in [0.25, 0.3) is 0 Å². The molecule has 2 aromatic rings. The number of nitrogens with one attached hydrogen (secondary N) is 1. The molecule has 2 rings (SSSR count). The van der Waals surface area contributed by atoms with Gasteiger partial charge in [-0.1, -0.05) is 0 Å². The lowest BCUT2D eigenvalue weighted by atomic mass is 10.1. The standard InChI is InChI=1S/C18H19N3O9/c1-5-29-18(24)13-8(2)30-17(14(13)15(19)22)20-16(23)9-6-11(27-3)12(28-4)7-10(9)21(25)26/h6-7H,5H2,1-4H3,(H2,19,22)(H,20,23). The Bertz CT molecular complexity index is 1030. The van der Waals surface area contributed by atoms with Gasteiger partial charge in [0.05, 0.1) is 31.8 Å². The molecular weight excluding hydrogens is 402 g/mol. The fraction of sp³-hybridized carbons (Fsp3) is 0.278. The van der Waals surface area contributed by atoms with Crippen LogP contribution in [0.1, 0.15) is 43.8 Å². The summed E-state index contributed by atoms with van der Waals surface area (Å²) in [5.41, 5.74) is 3.69. The van der Waals surface area contributed by atoms with Crippen molar-refractivity contribution in [3.05, 3.63) is 44.7 Å². The number of ether oxygens (including phenoxy) is 3. The maximum Gasteiger partial charge on any atom is 0.342 e. The molecule has 0 bridgehead atoms. The first-order valence-electron chi connectivity index (χ1n) is 8.48. The number of nitrogens with two attached hydrogens (primary N) is 1. The number of benzene rings is 1. The molecule has 3 N–H and O–H groups in total. The molecule has 12 nitrogen and oxygen atoms in total. The van der Waals surface area contributed by atoms with Gasteiger partial charge in [0.1, 0.15) is 22.5 Å². The average molecular weight is 421 g/mol. The Balaban J connectivity index is 2.55. The quantitative estimate of drug-likeness (QED) is 0.367. The predicted molar refractivity (Wildman–Crippen MR) is 102 cm³/mol. The van der Waals surface area contributed by atoms with Crippen molar-refractivity contribution in [3.63, 3.8) is 0 Å². The van der Waals surface area contributed by atoms with Gasteiger partial charge in [0.15, 0.2) is 11.5 Å². The summed E-state index contributed by atoms with van der Waals surface area (Å²) in [5.74, 6) is -3.31. The summed E-state index contributed by atoms with van der Waals surface area (Å²) in [7, 11) is 2.57. The number of aryl methyl sites for hydroxylation is 1. The molecule has 0 unspecified atom stereocenters. The zero-order valence-electron chi connectivity index (χ0n) is 16.6. The Morgan fingerprint density at radius 3 is 2.27 bits per heavy atom. The molecule has 0 saturated heterocycles. The highest BCUT2D eigenvalue weighted by Gasteiger charge is 2.31. The molecular formula is C18H19N3O9. The van der Waals surface area contributed by atoms with E-state index >= 15 is 0 Å². The second-order valence-corrected chi connectivity index (χ2v) is 5.76. The lowest BCUT2D eigenvalue weighted by Crippen LogP contribution is -2.20. The van der Waals surface area contributed by atoms with E-state index in [0.717, 1.165) is 12.1 Å². The Morgan fingerprint density at radius 2 is 1.77 bits per heavy atom. The van der Waals surface area contributed by atoms with Crippen LogP contribution in [0.4, 0.5) is 11.6 Å². The Hall–Kier alpha value is -4.09. The molecule has 0 atom stereocenters. The summed E-state index contributed by atoms with van der Waals surface area (Å²) in [4.78, 5) is 47.4. The van der Waals surface area contributed by atoms with Crippen molar-refractivity contribution < 1.29 is 37.9 Å². The highest BCUT2D eigenvalue weighted by atomic mass is 16.6. The average Bonchev–Trinajstić information content (AvgIpc) is 3.02. The van der Waals surface area contributed by atoms with Gasteiger partial charge in [0.2, 0.25) is 5.88 Å². The number of hydrogen-bond acceptors (Lipinski definition) is 9. The fourth-order valence-corrected chi connectivity index (χ4v) is 2.69. The lowest BCUT2D eigenvalue weighted by molar-refractivity contribution is -0.385. The Morgan fingerprint density at radius 1 is 1.17 bits per heavy atom. The number of amides is 2. The van der Waals surface area contributed by atoms with Crippen LogP contribution in [0.5, 0.6) is 11.5 Å². The van der Waals surface area contributed by atoms with Crippen molar-refractivity contribution >= 4 is 29.4 Å². The molecule has 0 fully saturated rings. The highest BCUT2D eigenvalue weighted by molar-refractivity contribution is 6.13. The number of carbonyl (C=O) groups excluding carboxylic acids is 3. The number of hydrogen-bond donors (Lipinski definition) is 2. The maximum atomic E-state index is 12.8. The molecule has 0 saturated carbocycles. The second kappa shape index (κ2) is 8.94. The predicted octanol–water partition coefficient (Wildman–Crippen LogP) is 2.04. The smallest absolute Gasteiger partial charge is 0.342 e. The summed E-state index contributed by atoms with van der Waals surface area (Å²) in [5, 5.41) is 13.6. The number of nitrogens with zero attached hydrogens (tertiary/aromatic N) is 1. The summed E-state index contributed by atoms with van der Waals surface area (Å²) < 4.78 is 20.3. The molecule has 0 radical (unpaired) electrons. The van der Waals surface area contributed by atoms with Crippen LogP contribution in [0.2, 0.25) is 0 Å². The SMILES string of the molecule is CCOC(=O)c1c(C)oc(NC(=O)c2cc(OC)c(OC)cc2[N+](=O)[O-])c1C(N)=O. The molecule has 1 aromatic carbocycles. The molecule has 30 heavy (non-hydrogen) atoms. The molecule has 160 valence electrons. The normalized spacial score (nSPS) is 10.3. The van der Waals surface area contributed by atoms with E-state index < -0.39 is 45.4 Å². The van der Waals surface area contributed by atoms with Gasteiger partial charge in [-0.15, -0.1) is 0 Å². The monoisotopic (exact) mass is 421 g/mol. The van der Waals surface area contributed by atoms with E-state index in [1.54, 1.807) is 6.92 Å². The zero-order valence-corrected chi connectivity index (χ0v) is 16.6. The molecule has 0 aliphatic heterocycles. The van der Waals surface area contributed by atoms with Crippen LogP contribution in [-0.4, -0.2) is 43.5 Å². The van der Waals surface area contributed by atoms with E-state index in [-0.39, 0.29) is 29.4 Å². The van der Waals surface area contributed by atoms with E-state index in [2.05, 4.69) is 5.32 Å². The topological polar surface area (TPSA) is 173 Å². The van der Waals surface area contributed by atoms with Crippen molar-refractivity contribution in [2.24, 2.45) is 5.73 Å². The van der Waals surface area contributed by atoms with Crippen LogP contribution in [-0.2, 0) is 4.74 Å². The van der Waals surface area contributed by atoms with Crippen LogP contribution in [0, 0.1) is 17.0 Å². The van der Waals surface area contributed by atoms with Crippen molar-refractivity contribution in [1.82, 2.24) is 0 Å². The minimum absolute atomic E-state index is 0.0284. The minimum Gasteiger partial charge on any atom is -0.493 e. The highest BCUT2D eigenvalue weighted by Crippen LogP contribution is 2.35. The van der Waals surface area contributed by atoms with Crippen LogP contribution in [0.3, 0.4) is 0 Å². The van der Waals surface area contributed by atoms with Gasteiger partial charge in [-0.2, -0.15) is 0 Å². The van der Waals surface area contributed by atoms with Gasteiger partial charge in [0, 0.05) is 6.07 Å². The summed E-state index contributed by atoms with van der Waals surface area (Å²) in [6.07, 6.45) is 0. The summed E-state index contributed by atoms with van der Waals surface area (Å²) in [6, 6.07) is 2.11. The summed E-state index contributed by atoms with van der Waals surface area (Å²) >= 11 is 0. The largest absolute Gasteiger partial charge is 0.493 e. The van der Waals surface area contributed by atoms with Crippen LogP contribution < -0.4 is 20.5 Å². The first kappa shape index (κ1) is 22.2. The number of nitro benzene ring substituents is 1. The number of nitro groups is 1. The molecule has 12 heteroatoms. The first-order chi connectivity index (χ1) is 14.2. The van der Waals surface area contributed by atoms with Gasteiger partial charge in [-0.3, -0.25) is 25.0 Å². The third-order valence-corrected chi connectivity index (χ3v) is 3.98. The fourth-order valence-electron chi connectivity index (χ4n) is 2.69. The van der Waals surface area contributed by atoms with Gasteiger partial charge in [-0.05, 0) is 13.8 Å². The number of carbonyl (C=O) groups is 3. The van der Waals surface area contributed by atoms with Crippen molar-refractivity contribution in [3.8, 4) is 11.5 Å². The second-order valence-electron chi connectivity index (χ2n) is 5.76. The molecule has 0 spiro atoms. The third kappa shape index (κ3) is 4.16. The van der Waals surface area contributed by atoms with E-state index in [1.807, 2.05) is 0 Å². The number of methoxy groups -OCH3 is 2. The molecule has 0 aliphatic carbocycles. The molecule has 0 aliphatic rings. The van der Waals surface area contributed by atoms with Gasteiger partial charge < -0.3 is 24.4 Å². The summed E-state index contributed by atoms with van der Waals surface area (Å²) in [6.45, 7) is 2.96. The van der Waals surface area contributed by atoms with Gasteiger partial charge >= 0.3 is 5.97 Å². The number of furan rings is 1. The van der Waals surface area contributed by atoms with Crippen LogP contribution in [0.15, 0.2) is 16.5 Å². The first-order valence-corrected chi connectivity index (χ1v) is 8.48. The van der Waals surface area contributed by atoms with Crippen molar-refractivity contribution in [1.29, 1.82) is 0 Å². The zero-order chi connectivity index (χ0) is 22.6. The van der Waals surface area contributed by atoms with Crippen LogP contribution >= 0.6 is 0 Å². The van der Waals surface area contributed by atoms with Gasteiger partial charge in [0.25, 0.3) is 17.5 Å². The van der Waals surface area contributed by atoms with E-state index in [4.69, 9.17) is 24.4 Å². The van der Waals surface area contributed by atoms with E-state index in [1.165, 1.54) is 21.1 Å². The number of primary amides is 1. The van der Waals surface area contributed by atoms with E-state index in [9.17, 15) is 24.5 Å². The Kier molecular flexibility index (Phi) is 6.62. The van der Waals surface area contributed by atoms with Gasteiger partial charge in [-0.25, -0.2) is 4.79 Å². The number of esters is 1. The third-order valence-electron chi connectivity index (χ3n) is 3.98. The Labute approximate surface area is 170 Å². The lowest BCUT2D eigenvalue weighted by Gasteiger charge is -2.10. The maximum absolute atomic E-state index is 12.8.